The Hall–Kier alpha value is -8.75. The maximum Gasteiger partial charge on any atom is 0.227 e. The fourth-order valence-corrected chi connectivity index (χ4v) is 17.8. The number of fused-ring (bicyclic) bond motifs is 4. The number of rotatable bonds is 22. The number of aliphatic hydroxyl groups is 1. The highest BCUT2D eigenvalue weighted by Crippen LogP contribution is 2.39. The quantitative estimate of drug-likeness (QED) is 0.0343. The monoisotopic (exact) mass is 1820 g/mol. The van der Waals surface area contributed by atoms with E-state index in [1.54, 1.807) is 84.3 Å². The molecule has 4 aliphatic rings. The van der Waals surface area contributed by atoms with Crippen LogP contribution < -0.4 is 36.2 Å². The smallest absolute Gasteiger partial charge is 0.227 e. The number of nitrogens with zero attached hydrogens (tertiary/aromatic N) is 18. The average molecular weight is 1820 g/mol. The van der Waals surface area contributed by atoms with E-state index in [4.69, 9.17) is 24.8 Å². The first-order chi connectivity index (χ1) is 54.1. The molecular weight excluding hydrogens is 1730 g/mol. The van der Waals surface area contributed by atoms with Crippen molar-refractivity contribution in [2.45, 2.75) is 134 Å². The van der Waals surface area contributed by atoms with Gasteiger partial charge in [-0.15, -0.1) is 0 Å². The van der Waals surface area contributed by atoms with Gasteiger partial charge < -0.3 is 31.7 Å². The van der Waals surface area contributed by atoms with E-state index in [0.29, 0.717) is 69.7 Å². The molecule has 2 saturated carbocycles. The van der Waals surface area contributed by atoms with Gasteiger partial charge in [0.05, 0.1) is 60.9 Å². The van der Waals surface area contributed by atoms with E-state index < -0.39 is 20.0 Å². The first kappa shape index (κ1) is 81.3. The summed E-state index contributed by atoms with van der Waals surface area (Å²) in [5.74, 6) is 5.46. The topological polar surface area (TPSA) is 345 Å². The van der Waals surface area contributed by atoms with Crippen LogP contribution in [-0.2, 0) is 51.0 Å². The molecule has 12 aromatic heterocycles. The molecule has 0 amide bonds. The number of carbonyl (C=O) groups excluding carboxylic acids is 1. The van der Waals surface area contributed by atoms with E-state index in [0.717, 1.165) is 167 Å². The van der Waals surface area contributed by atoms with Crippen LogP contribution in [0, 0.1) is 11.8 Å². The molecule has 14 heterocycles. The highest BCUT2D eigenvalue weighted by Gasteiger charge is 2.32. The first-order valence-corrected chi connectivity index (χ1v) is 44.1. The number of aromatic nitrogens is 16. The average Bonchev–Trinajstić information content (AvgIpc) is 1.59. The molecule has 0 radical (unpaired) electrons. The summed E-state index contributed by atoms with van der Waals surface area (Å²) < 4.78 is 62.7. The summed E-state index contributed by atoms with van der Waals surface area (Å²) in [6, 6.07) is 24.0. The van der Waals surface area contributed by atoms with Crippen molar-refractivity contribution in [1.82, 2.24) is 82.0 Å². The summed E-state index contributed by atoms with van der Waals surface area (Å²) in [6.07, 6.45) is 35.7. The van der Waals surface area contributed by atoms with Gasteiger partial charge in [-0.3, -0.25) is 24.6 Å². The lowest BCUT2D eigenvalue weighted by Gasteiger charge is -2.31. The molecule has 30 nitrogen and oxygen atoms in total. The Morgan fingerprint density at radius 3 is 1.43 bits per heavy atom. The molecule has 36 heteroatoms. The standard InChI is InChI=1S/C20H26BrN6O2.C20H22BrN5O.2C18H21BrN6O2S/c1-29-26-8-4-5-14(12-26)10-22-19-9-18(25-20-16(21)11-23-27(19)20)24-17-7-3-2-6-15(17)13-28;1-13(27)15-5-2-6-16(8-15)18-9-19(23-11-14-4-3-7-22-10-14)26-20(25-18)17(21)12-24-26;1-28(26,27)24-7-3-5-14(12-24)16-8-17(21-10-13-4-2-6-20-9-13)25-18(23-16)15(19)11-22-25;1-28(26,27)24-7-4-14(5-8-24)16-9-17(21-11-13-3-2-6-20-10-13)25-18(23-16)15(19)12-22-25/h4-5,8-9,11-12,15,17,22,28H,2-3,6-7,10,13H2,1H3,(H,24,25);3-4,7,9-10,12,15-16,23H,2,5-6,8,11H2,1H3;2,4,6,8-9,11,14,21H,3,5,7,10,12H2,1H3;2-3,6,9-10,12,14,21H,4-5,7-8,11H2,1H3/q+1;;;/t15-,17-;;;/m1.../s1. The molecule has 12 aromatic rings. The number of hydrogen-bond acceptors (Lipinski definition) is 23. The maximum absolute atomic E-state index is 12.0. The summed E-state index contributed by atoms with van der Waals surface area (Å²) in [5.41, 5.74) is 10.2. The molecule has 590 valence electrons. The Morgan fingerprint density at radius 2 is 0.964 bits per heavy atom. The van der Waals surface area contributed by atoms with E-state index in [-0.39, 0.29) is 36.3 Å². The molecule has 2 aliphatic carbocycles. The van der Waals surface area contributed by atoms with Crippen molar-refractivity contribution in [3.05, 3.63) is 204 Å². The van der Waals surface area contributed by atoms with Crippen molar-refractivity contribution in [2.75, 3.05) is 79.0 Å². The zero-order valence-electron chi connectivity index (χ0n) is 62.4. The Morgan fingerprint density at radius 1 is 0.518 bits per heavy atom. The largest absolute Gasteiger partial charge is 0.396 e. The second-order valence-electron chi connectivity index (χ2n) is 28.4. The molecule has 6 N–H and O–H groups in total. The fourth-order valence-electron chi connectivity index (χ4n) is 14.6. The number of ketones is 1. The van der Waals surface area contributed by atoms with Crippen LogP contribution in [0.5, 0.6) is 0 Å². The fraction of sp³-hybridized carbons (Fsp3) is 0.408. The summed E-state index contributed by atoms with van der Waals surface area (Å²) in [6.45, 7) is 6.47. The minimum Gasteiger partial charge on any atom is -0.396 e. The van der Waals surface area contributed by atoms with Crippen LogP contribution in [0.3, 0.4) is 0 Å². The molecule has 112 heavy (non-hydrogen) atoms. The van der Waals surface area contributed by atoms with Crippen LogP contribution in [0.25, 0.3) is 22.6 Å². The molecule has 4 fully saturated rings. The highest BCUT2D eigenvalue weighted by atomic mass is 79.9. The number of Topliss-reactive ketones (excluding diaryl/α,β-unsaturated/α-hetero) is 1. The lowest BCUT2D eigenvalue weighted by molar-refractivity contribution is -0.885. The predicted octanol–water partition coefficient (Wildman–Crippen LogP) is 12.1. The Labute approximate surface area is 683 Å². The number of anilines is 5. The van der Waals surface area contributed by atoms with Crippen LogP contribution in [0.4, 0.5) is 29.1 Å². The lowest BCUT2D eigenvalue weighted by atomic mass is 9.78. The second kappa shape index (κ2) is 37.5. The molecule has 2 saturated heterocycles. The molecule has 0 spiro atoms. The number of halogens is 4. The van der Waals surface area contributed by atoms with Crippen molar-refractivity contribution in [3.63, 3.8) is 0 Å². The van der Waals surface area contributed by atoms with E-state index in [9.17, 15) is 26.7 Å². The second-order valence-corrected chi connectivity index (χ2v) is 35.8. The van der Waals surface area contributed by atoms with Crippen molar-refractivity contribution in [2.24, 2.45) is 11.8 Å². The summed E-state index contributed by atoms with van der Waals surface area (Å²) in [7, 11) is -4.71. The number of sulfonamides is 2. The first-order valence-electron chi connectivity index (χ1n) is 37.2. The molecule has 2 aliphatic heterocycles. The SMILES string of the molecule is CC(=O)C1CCCC(c2cc(NCc3cccnc3)n3ncc(Br)c3n2)C1.CO[n+]1cccc(CNc2cc(N[C@@H]3CCCC[C@@H]3CO)nc3c(Br)cnn23)c1.CS(=O)(=O)N1CCC(c2cc(NCc3cccnc3)n3ncc(Br)c3n2)CC1.CS(=O)(=O)N1CCCC(c2cc(NCc3cccnc3)n3ncc(Br)c3n2)C1. The van der Waals surface area contributed by atoms with Gasteiger partial charge in [0.25, 0.3) is 0 Å². The zero-order valence-corrected chi connectivity index (χ0v) is 70.4. The maximum atomic E-state index is 12.0. The van der Waals surface area contributed by atoms with Gasteiger partial charge in [-0.25, -0.2) is 45.4 Å². The molecule has 0 aromatic carbocycles. The number of pyridine rings is 4. The van der Waals surface area contributed by atoms with Crippen LogP contribution in [0.1, 0.15) is 141 Å². The van der Waals surface area contributed by atoms with Crippen molar-refractivity contribution in [3.8, 4) is 0 Å². The number of hydrogen-bond donors (Lipinski definition) is 6. The van der Waals surface area contributed by atoms with Gasteiger partial charge in [0.1, 0.15) is 42.0 Å². The molecule has 5 atom stereocenters. The van der Waals surface area contributed by atoms with Gasteiger partial charge in [0, 0.05) is 184 Å². The van der Waals surface area contributed by atoms with Crippen LogP contribution in [0.15, 0.2) is 165 Å². The third kappa shape index (κ3) is 20.6. The van der Waals surface area contributed by atoms with Gasteiger partial charge in [-0.1, -0.05) is 37.5 Å². The minimum atomic E-state index is -3.21. The Balaban J connectivity index is 0.000000131. The third-order valence-corrected chi connectivity index (χ3v) is 25.5. The number of piperidine rings is 2. The van der Waals surface area contributed by atoms with Crippen LogP contribution in [-0.4, -0.2) is 168 Å². The van der Waals surface area contributed by atoms with E-state index in [1.807, 2.05) is 102 Å². The molecular formula is C76H90Br4N23O7S2+. The van der Waals surface area contributed by atoms with Crippen LogP contribution >= 0.6 is 63.7 Å². The summed E-state index contributed by atoms with van der Waals surface area (Å²) in [5, 5.41) is 44.7. The lowest BCUT2D eigenvalue weighted by Crippen LogP contribution is -2.40. The van der Waals surface area contributed by atoms with Crippen molar-refractivity contribution >= 4 is 141 Å². The summed E-state index contributed by atoms with van der Waals surface area (Å²) >= 11 is 14.1. The Bertz CT molecular complexity index is 5430. The van der Waals surface area contributed by atoms with E-state index >= 15 is 0 Å². The van der Waals surface area contributed by atoms with Gasteiger partial charge >= 0.3 is 0 Å². The van der Waals surface area contributed by atoms with Crippen molar-refractivity contribution < 1.29 is 36.3 Å². The molecule has 3 unspecified atom stereocenters. The van der Waals surface area contributed by atoms with Gasteiger partial charge in [0.2, 0.25) is 32.4 Å². The Kier molecular flexibility index (Phi) is 27.2. The zero-order chi connectivity index (χ0) is 78.5. The normalized spacial score (nSPS) is 18.5. The van der Waals surface area contributed by atoms with Crippen molar-refractivity contribution in [1.29, 1.82) is 0 Å². The predicted molar refractivity (Wildman–Crippen MR) is 443 cm³/mol. The number of nitrogens with one attached hydrogen (secondary N) is 5. The van der Waals surface area contributed by atoms with E-state index in [1.165, 1.54) is 25.4 Å². The third-order valence-electron chi connectivity index (χ3n) is 20.6. The molecule has 0 bridgehead atoms. The van der Waals surface area contributed by atoms with Gasteiger partial charge in [0.15, 0.2) is 22.6 Å². The summed E-state index contributed by atoms with van der Waals surface area (Å²) in [4.78, 5) is 48.7. The van der Waals surface area contributed by atoms with Crippen LogP contribution in [0.2, 0.25) is 0 Å². The molecule has 16 rings (SSSR count). The highest BCUT2D eigenvalue weighted by molar-refractivity contribution is 9.11. The number of carbonyl (C=O) groups is 1. The number of aliphatic hydroxyl groups excluding tert-OH is 1. The minimum absolute atomic E-state index is 0.0502. The van der Waals surface area contributed by atoms with Gasteiger partial charge in [-0.05, 0) is 169 Å². The van der Waals surface area contributed by atoms with Gasteiger partial charge in [-0.2, -0.15) is 38.5 Å². The van der Waals surface area contributed by atoms with E-state index in [2.05, 4.69) is 132 Å².